The van der Waals surface area contributed by atoms with Crippen molar-refractivity contribution < 1.29 is 9.18 Å². The SMILES string of the molecule is O=C(Nc1ccc(F)cc1)C1CCN(c2cc(-n3cncn3)ncn2)CC1. The third kappa shape index (κ3) is 3.91. The zero-order valence-electron chi connectivity index (χ0n) is 14.5. The molecule has 0 bridgehead atoms. The first-order valence-corrected chi connectivity index (χ1v) is 8.67. The molecule has 1 aliphatic rings. The maximum atomic E-state index is 13.0. The Kier molecular flexibility index (Phi) is 4.73. The van der Waals surface area contributed by atoms with Crippen LogP contribution >= 0.6 is 0 Å². The molecule has 0 aliphatic carbocycles. The van der Waals surface area contributed by atoms with Gasteiger partial charge in [-0.2, -0.15) is 5.10 Å². The number of hydrogen-bond donors (Lipinski definition) is 1. The number of benzene rings is 1. The molecule has 0 spiro atoms. The minimum absolute atomic E-state index is 0.0350. The molecular formula is C18H18FN7O. The second kappa shape index (κ2) is 7.48. The number of anilines is 2. The van der Waals surface area contributed by atoms with Crippen molar-refractivity contribution in [3.05, 3.63) is 55.1 Å². The molecule has 8 nitrogen and oxygen atoms in total. The van der Waals surface area contributed by atoms with E-state index in [1.807, 2.05) is 6.07 Å². The van der Waals surface area contributed by atoms with Gasteiger partial charge in [0.05, 0.1) is 0 Å². The number of nitrogens with zero attached hydrogens (tertiary/aromatic N) is 6. The average molecular weight is 367 g/mol. The third-order valence-electron chi connectivity index (χ3n) is 4.59. The van der Waals surface area contributed by atoms with Gasteiger partial charge in [-0.05, 0) is 37.1 Å². The van der Waals surface area contributed by atoms with Crippen molar-refractivity contribution in [3.63, 3.8) is 0 Å². The van der Waals surface area contributed by atoms with Crippen LogP contribution in [0.1, 0.15) is 12.8 Å². The highest BCUT2D eigenvalue weighted by Crippen LogP contribution is 2.23. The predicted octanol–water partition coefficient (Wildman–Crippen LogP) is 2.05. The summed E-state index contributed by atoms with van der Waals surface area (Å²) in [6.07, 6.45) is 5.97. The van der Waals surface area contributed by atoms with Crippen molar-refractivity contribution in [2.24, 2.45) is 5.92 Å². The molecular weight excluding hydrogens is 349 g/mol. The second-order valence-electron chi connectivity index (χ2n) is 6.33. The quantitative estimate of drug-likeness (QED) is 0.759. The molecule has 9 heteroatoms. The number of aromatic nitrogens is 5. The van der Waals surface area contributed by atoms with Crippen molar-refractivity contribution in [1.82, 2.24) is 24.7 Å². The number of carbonyl (C=O) groups excluding carboxylic acids is 1. The molecule has 3 heterocycles. The van der Waals surface area contributed by atoms with Gasteiger partial charge in [0.25, 0.3) is 0 Å². The highest BCUT2D eigenvalue weighted by Gasteiger charge is 2.26. The summed E-state index contributed by atoms with van der Waals surface area (Å²) in [4.78, 5) is 27.0. The summed E-state index contributed by atoms with van der Waals surface area (Å²) in [6.45, 7) is 1.44. The van der Waals surface area contributed by atoms with Crippen LogP contribution in [-0.4, -0.2) is 43.7 Å². The zero-order valence-corrected chi connectivity index (χ0v) is 14.5. The van der Waals surface area contributed by atoms with Gasteiger partial charge in [0.2, 0.25) is 5.91 Å². The van der Waals surface area contributed by atoms with E-state index in [4.69, 9.17) is 0 Å². The van der Waals surface area contributed by atoms with E-state index in [0.717, 1.165) is 31.7 Å². The summed E-state index contributed by atoms with van der Waals surface area (Å²) < 4.78 is 14.5. The van der Waals surface area contributed by atoms with Crippen LogP contribution in [0.3, 0.4) is 0 Å². The molecule has 1 aliphatic heterocycles. The van der Waals surface area contributed by atoms with Crippen LogP contribution in [0.25, 0.3) is 5.82 Å². The molecule has 138 valence electrons. The highest BCUT2D eigenvalue weighted by atomic mass is 19.1. The van der Waals surface area contributed by atoms with Crippen LogP contribution in [0.4, 0.5) is 15.9 Å². The predicted molar refractivity (Wildman–Crippen MR) is 96.9 cm³/mol. The maximum Gasteiger partial charge on any atom is 0.227 e. The Balaban J connectivity index is 1.37. The standard InChI is InChI=1S/C18H18FN7O/c19-14-1-3-15(4-2-14)24-18(27)13-5-7-25(8-6-13)16-9-17(22-11-21-16)26-12-20-10-23-26/h1-4,9-13H,5-8H2,(H,24,27). The molecule has 2 aromatic heterocycles. The number of nitrogens with one attached hydrogen (secondary N) is 1. The number of piperidine rings is 1. The Morgan fingerprint density at radius 1 is 1.07 bits per heavy atom. The number of halogens is 1. The Morgan fingerprint density at radius 3 is 2.52 bits per heavy atom. The molecule has 1 aromatic carbocycles. The lowest BCUT2D eigenvalue weighted by Crippen LogP contribution is -2.38. The molecule has 27 heavy (non-hydrogen) atoms. The molecule has 1 amide bonds. The van der Waals surface area contributed by atoms with Gasteiger partial charge in [0.1, 0.15) is 30.6 Å². The summed E-state index contributed by atoms with van der Waals surface area (Å²) in [5, 5.41) is 6.93. The molecule has 0 saturated carbocycles. The number of rotatable bonds is 4. The molecule has 0 atom stereocenters. The molecule has 4 rings (SSSR count). The third-order valence-corrected chi connectivity index (χ3v) is 4.59. The molecule has 1 saturated heterocycles. The lowest BCUT2D eigenvalue weighted by molar-refractivity contribution is -0.120. The van der Waals surface area contributed by atoms with Crippen molar-refractivity contribution in [2.75, 3.05) is 23.3 Å². The topological polar surface area (TPSA) is 88.8 Å². The first-order chi connectivity index (χ1) is 13.2. The minimum Gasteiger partial charge on any atom is -0.356 e. The van der Waals surface area contributed by atoms with E-state index in [1.165, 1.54) is 24.8 Å². The number of amides is 1. The van der Waals surface area contributed by atoms with Gasteiger partial charge < -0.3 is 10.2 Å². The lowest BCUT2D eigenvalue weighted by atomic mass is 9.96. The van der Waals surface area contributed by atoms with Gasteiger partial charge in [-0.15, -0.1) is 0 Å². The number of hydrogen-bond acceptors (Lipinski definition) is 6. The Bertz CT molecular complexity index is 906. The zero-order chi connectivity index (χ0) is 18.6. The van der Waals surface area contributed by atoms with Gasteiger partial charge in [-0.1, -0.05) is 0 Å². The van der Waals surface area contributed by atoms with Crippen LogP contribution < -0.4 is 10.2 Å². The van der Waals surface area contributed by atoms with E-state index in [9.17, 15) is 9.18 Å². The average Bonchev–Trinajstić information content (AvgIpc) is 3.25. The van der Waals surface area contributed by atoms with Gasteiger partial charge >= 0.3 is 0 Å². The van der Waals surface area contributed by atoms with E-state index >= 15 is 0 Å². The van der Waals surface area contributed by atoms with Gasteiger partial charge in [0.15, 0.2) is 5.82 Å². The van der Waals surface area contributed by atoms with Crippen LogP contribution in [0.5, 0.6) is 0 Å². The lowest BCUT2D eigenvalue weighted by Gasteiger charge is -2.32. The highest BCUT2D eigenvalue weighted by molar-refractivity contribution is 5.92. The van der Waals surface area contributed by atoms with Crippen molar-refractivity contribution in [2.45, 2.75) is 12.8 Å². The summed E-state index contributed by atoms with van der Waals surface area (Å²) in [5.41, 5.74) is 0.608. The van der Waals surface area contributed by atoms with Gasteiger partial charge in [-0.3, -0.25) is 4.79 Å². The molecule has 0 unspecified atom stereocenters. The minimum atomic E-state index is -0.323. The normalized spacial score (nSPS) is 14.9. The smallest absolute Gasteiger partial charge is 0.227 e. The molecule has 1 fully saturated rings. The molecule has 1 N–H and O–H groups in total. The van der Waals surface area contributed by atoms with E-state index in [2.05, 4.69) is 30.3 Å². The molecule has 0 radical (unpaired) electrons. The van der Waals surface area contributed by atoms with E-state index in [1.54, 1.807) is 23.1 Å². The summed E-state index contributed by atoms with van der Waals surface area (Å²) >= 11 is 0. The van der Waals surface area contributed by atoms with Crippen molar-refractivity contribution in [3.8, 4) is 5.82 Å². The summed E-state index contributed by atoms with van der Waals surface area (Å²) in [6, 6.07) is 7.65. The van der Waals surface area contributed by atoms with E-state index < -0.39 is 0 Å². The first-order valence-electron chi connectivity index (χ1n) is 8.67. The Hall–Kier alpha value is -3.36. The van der Waals surface area contributed by atoms with Crippen LogP contribution in [0.2, 0.25) is 0 Å². The largest absolute Gasteiger partial charge is 0.356 e. The Morgan fingerprint density at radius 2 is 1.81 bits per heavy atom. The fourth-order valence-corrected chi connectivity index (χ4v) is 3.11. The van der Waals surface area contributed by atoms with Gasteiger partial charge in [0, 0.05) is 30.8 Å². The van der Waals surface area contributed by atoms with Gasteiger partial charge in [-0.25, -0.2) is 24.0 Å². The van der Waals surface area contributed by atoms with E-state index in [0.29, 0.717) is 11.5 Å². The monoisotopic (exact) mass is 367 g/mol. The van der Waals surface area contributed by atoms with E-state index in [-0.39, 0.29) is 17.6 Å². The van der Waals surface area contributed by atoms with Crippen molar-refractivity contribution in [1.29, 1.82) is 0 Å². The Labute approximate surface area is 155 Å². The second-order valence-corrected chi connectivity index (χ2v) is 6.33. The van der Waals surface area contributed by atoms with Crippen LogP contribution in [-0.2, 0) is 4.79 Å². The fraction of sp³-hybridized carbons (Fsp3) is 0.278. The fourth-order valence-electron chi connectivity index (χ4n) is 3.11. The number of carbonyl (C=O) groups is 1. The molecule has 3 aromatic rings. The van der Waals surface area contributed by atoms with Crippen LogP contribution in [0.15, 0.2) is 49.3 Å². The van der Waals surface area contributed by atoms with Crippen LogP contribution in [0, 0.1) is 11.7 Å². The maximum absolute atomic E-state index is 13.0. The summed E-state index contributed by atoms with van der Waals surface area (Å²) in [7, 11) is 0. The van der Waals surface area contributed by atoms with Crippen molar-refractivity contribution >= 4 is 17.4 Å². The summed E-state index contributed by atoms with van der Waals surface area (Å²) in [5.74, 6) is 1.01. The first kappa shape index (κ1) is 17.1.